The van der Waals surface area contributed by atoms with Gasteiger partial charge in [-0.1, -0.05) is 31.0 Å². The van der Waals surface area contributed by atoms with Gasteiger partial charge in [-0.15, -0.1) is 0 Å². The number of nitrogens with zero attached hydrogens (tertiary/aromatic N) is 1. The van der Waals surface area contributed by atoms with E-state index in [1.165, 1.54) is 0 Å². The van der Waals surface area contributed by atoms with Gasteiger partial charge in [0.2, 0.25) is 0 Å². The van der Waals surface area contributed by atoms with Gasteiger partial charge in [-0.3, -0.25) is 9.78 Å². The number of carbonyl (C=O) groups excluding carboxylic acids is 1. The Morgan fingerprint density at radius 3 is 2.89 bits per heavy atom. The second kappa shape index (κ2) is 5.10. The summed E-state index contributed by atoms with van der Waals surface area (Å²) in [5.41, 5.74) is 7.71. The van der Waals surface area contributed by atoms with E-state index in [1.54, 1.807) is 6.20 Å². The van der Waals surface area contributed by atoms with E-state index >= 15 is 0 Å². The number of hydrogen-bond donors (Lipinski definition) is 1. The number of nitrogens with two attached hydrogens (primary N) is 1. The predicted octanol–water partition coefficient (Wildman–Crippen LogP) is 2.94. The van der Waals surface area contributed by atoms with Crippen molar-refractivity contribution in [2.45, 2.75) is 31.7 Å². The first-order valence-corrected chi connectivity index (χ1v) is 6.90. The third kappa shape index (κ3) is 2.38. The van der Waals surface area contributed by atoms with Crippen LogP contribution in [-0.2, 0) is 0 Å². The lowest BCUT2D eigenvalue weighted by Gasteiger charge is -2.27. The first-order chi connectivity index (χ1) is 9.25. The lowest BCUT2D eigenvalue weighted by atomic mass is 9.80. The van der Waals surface area contributed by atoms with Crippen molar-refractivity contribution in [2.75, 3.05) is 0 Å². The van der Waals surface area contributed by atoms with E-state index in [2.05, 4.69) is 4.98 Å². The van der Waals surface area contributed by atoms with E-state index in [0.717, 1.165) is 42.1 Å². The van der Waals surface area contributed by atoms with Gasteiger partial charge in [0.1, 0.15) is 0 Å². The summed E-state index contributed by atoms with van der Waals surface area (Å²) in [5.74, 6) is 0.162. The first kappa shape index (κ1) is 12.3. The summed E-state index contributed by atoms with van der Waals surface area (Å²) in [6.07, 6.45) is 5.88. The Balaban J connectivity index is 1.92. The molecule has 19 heavy (non-hydrogen) atoms. The molecule has 1 aromatic heterocycles. The Kier molecular flexibility index (Phi) is 3.30. The van der Waals surface area contributed by atoms with Crippen LogP contribution in [0.4, 0.5) is 0 Å². The zero-order valence-electron chi connectivity index (χ0n) is 10.9. The summed E-state index contributed by atoms with van der Waals surface area (Å²) in [6.45, 7) is 0. The molecule has 3 heteroatoms. The van der Waals surface area contributed by atoms with Crippen molar-refractivity contribution in [3.63, 3.8) is 0 Å². The standard InChI is InChI=1S/C16H18N2O/c17-14-6-2-1-5-13(14)16(19)12-8-7-11-4-3-9-18-15(11)10-12/h3-4,7-10,13-14H,1-2,5-6,17H2. The second-order valence-electron chi connectivity index (χ2n) is 5.33. The summed E-state index contributed by atoms with van der Waals surface area (Å²) in [6, 6.07) is 9.67. The van der Waals surface area contributed by atoms with Crippen LogP contribution in [-0.4, -0.2) is 16.8 Å². The molecule has 0 spiro atoms. The maximum absolute atomic E-state index is 12.5. The number of carbonyl (C=O) groups is 1. The maximum Gasteiger partial charge on any atom is 0.167 e. The highest BCUT2D eigenvalue weighted by atomic mass is 16.1. The summed E-state index contributed by atoms with van der Waals surface area (Å²) in [7, 11) is 0. The van der Waals surface area contributed by atoms with Crippen LogP contribution in [0.3, 0.4) is 0 Å². The van der Waals surface area contributed by atoms with Gasteiger partial charge in [0.15, 0.2) is 5.78 Å². The van der Waals surface area contributed by atoms with Gasteiger partial charge in [0.25, 0.3) is 0 Å². The van der Waals surface area contributed by atoms with Crippen molar-refractivity contribution in [1.82, 2.24) is 4.98 Å². The van der Waals surface area contributed by atoms with Gasteiger partial charge in [-0.2, -0.15) is 0 Å². The van der Waals surface area contributed by atoms with Crippen LogP contribution in [0.1, 0.15) is 36.0 Å². The number of hydrogen-bond acceptors (Lipinski definition) is 3. The minimum atomic E-state index is -0.0186. The Hall–Kier alpha value is -1.74. The average molecular weight is 254 g/mol. The SMILES string of the molecule is NC1CCCCC1C(=O)c1ccc2cccnc2c1. The molecule has 1 saturated carbocycles. The number of fused-ring (bicyclic) bond motifs is 1. The fourth-order valence-corrected chi connectivity index (χ4v) is 2.92. The van der Waals surface area contributed by atoms with Crippen molar-refractivity contribution in [1.29, 1.82) is 0 Å². The summed E-state index contributed by atoms with van der Waals surface area (Å²) < 4.78 is 0. The zero-order chi connectivity index (χ0) is 13.2. The zero-order valence-corrected chi connectivity index (χ0v) is 10.9. The van der Waals surface area contributed by atoms with Crippen LogP contribution in [0, 0.1) is 5.92 Å². The number of Topliss-reactive ketones (excluding diaryl/α,β-unsaturated/α-hetero) is 1. The molecule has 1 fully saturated rings. The summed E-state index contributed by atoms with van der Waals surface area (Å²) in [4.78, 5) is 16.9. The molecule has 98 valence electrons. The molecule has 2 unspecified atom stereocenters. The molecule has 3 nitrogen and oxygen atoms in total. The molecule has 0 saturated heterocycles. The molecule has 1 aliphatic rings. The minimum Gasteiger partial charge on any atom is -0.327 e. The van der Waals surface area contributed by atoms with Gasteiger partial charge in [-0.25, -0.2) is 0 Å². The van der Waals surface area contributed by atoms with E-state index in [1.807, 2.05) is 30.3 Å². The van der Waals surface area contributed by atoms with E-state index in [-0.39, 0.29) is 17.7 Å². The van der Waals surface area contributed by atoms with Gasteiger partial charge in [0, 0.05) is 29.1 Å². The molecular weight excluding hydrogens is 236 g/mol. The van der Waals surface area contributed by atoms with Crippen LogP contribution in [0.15, 0.2) is 36.5 Å². The Labute approximate surface area is 112 Å². The van der Waals surface area contributed by atoms with Gasteiger partial charge in [-0.05, 0) is 25.0 Å². The third-order valence-corrected chi connectivity index (χ3v) is 4.05. The quantitative estimate of drug-likeness (QED) is 0.838. The molecule has 0 radical (unpaired) electrons. The molecular formula is C16H18N2O. The van der Waals surface area contributed by atoms with Gasteiger partial charge in [0.05, 0.1) is 5.52 Å². The summed E-state index contributed by atoms with van der Waals surface area (Å²) >= 11 is 0. The topological polar surface area (TPSA) is 56.0 Å². The number of benzene rings is 1. The van der Waals surface area contributed by atoms with E-state index in [9.17, 15) is 4.79 Å². The smallest absolute Gasteiger partial charge is 0.167 e. The van der Waals surface area contributed by atoms with Crippen LogP contribution in [0.25, 0.3) is 10.9 Å². The minimum absolute atomic E-state index is 0.0145. The molecule has 2 aromatic rings. The monoisotopic (exact) mass is 254 g/mol. The Morgan fingerprint density at radius 2 is 2.05 bits per heavy atom. The molecule has 0 bridgehead atoms. The molecule has 2 atom stereocenters. The lowest BCUT2D eigenvalue weighted by molar-refractivity contribution is 0.0871. The fourth-order valence-electron chi connectivity index (χ4n) is 2.92. The van der Waals surface area contributed by atoms with Crippen molar-refractivity contribution in [2.24, 2.45) is 11.7 Å². The third-order valence-electron chi connectivity index (χ3n) is 4.05. The largest absolute Gasteiger partial charge is 0.327 e. The molecule has 3 rings (SSSR count). The van der Waals surface area contributed by atoms with Crippen LogP contribution in [0.2, 0.25) is 0 Å². The Bertz CT molecular complexity index is 608. The number of aromatic nitrogens is 1. The molecule has 1 aliphatic carbocycles. The maximum atomic E-state index is 12.5. The van der Waals surface area contributed by atoms with Crippen molar-refractivity contribution >= 4 is 16.7 Å². The van der Waals surface area contributed by atoms with Crippen LogP contribution >= 0.6 is 0 Å². The second-order valence-corrected chi connectivity index (χ2v) is 5.33. The number of ketones is 1. The fraction of sp³-hybridized carbons (Fsp3) is 0.375. The van der Waals surface area contributed by atoms with Crippen LogP contribution in [0.5, 0.6) is 0 Å². The van der Waals surface area contributed by atoms with Crippen molar-refractivity contribution < 1.29 is 4.79 Å². The lowest BCUT2D eigenvalue weighted by Crippen LogP contribution is -2.38. The van der Waals surface area contributed by atoms with Crippen molar-refractivity contribution in [3.05, 3.63) is 42.1 Å². The predicted molar refractivity (Wildman–Crippen MR) is 76.0 cm³/mol. The highest BCUT2D eigenvalue weighted by Gasteiger charge is 2.28. The Morgan fingerprint density at radius 1 is 1.21 bits per heavy atom. The first-order valence-electron chi connectivity index (χ1n) is 6.90. The number of pyridine rings is 1. The van der Waals surface area contributed by atoms with Crippen molar-refractivity contribution in [3.8, 4) is 0 Å². The van der Waals surface area contributed by atoms with Crippen LogP contribution < -0.4 is 5.73 Å². The normalized spacial score (nSPS) is 23.4. The highest BCUT2D eigenvalue weighted by molar-refractivity contribution is 6.01. The van der Waals surface area contributed by atoms with Gasteiger partial charge >= 0.3 is 0 Å². The molecule has 0 aliphatic heterocycles. The molecule has 1 heterocycles. The van der Waals surface area contributed by atoms with Gasteiger partial charge < -0.3 is 5.73 Å². The van der Waals surface area contributed by atoms with E-state index in [0.29, 0.717) is 0 Å². The number of rotatable bonds is 2. The molecule has 2 N–H and O–H groups in total. The average Bonchev–Trinajstić information content (AvgIpc) is 2.46. The molecule has 1 aromatic carbocycles. The summed E-state index contributed by atoms with van der Waals surface area (Å²) in [5, 5.41) is 1.06. The van der Waals surface area contributed by atoms with E-state index < -0.39 is 0 Å². The van der Waals surface area contributed by atoms with E-state index in [4.69, 9.17) is 5.73 Å². The molecule has 0 amide bonds. The highest BCUT2D eigenvalue weighted by Crippen LogP contribution is 2.27.